The summed E-state index contributed by atoms with van der Waals surface area (Å²) < 4.78 is 10.6. The number of carbonyl (C=O) groups excluding carboxylic acids is 1. The SMILES string of the molecule is COc1ccc(OCCSCCC(NC=O)C(=O)O)cc1. The molecular weight excluding hydrogens is 294 g/mol. The lowest BCUT2D eigenvalue weighted by atomic mass is 10.2. The third kappa shape index (κ3) is 6.89. The fourth-order valence-electron chi connectivity index (χ4n) is 1.55. The predicted octanol–water partition coefficient (Wildman–Crippen LogP) is 1.40. The molecule has 1 aromatic carbocycles. The number of carboxylic acids is 1. The van der Waals surface area contributed by atoms with Crippen LogP contribution < -0.4 is 14.8 Å². The van der Waals surface area contributed by atoms with Gasteiger partial charge in [0.05, 0.1) is 13.7 Å². The Kier molecular flexibility index (Phi) is 8.11. The molecule has 1 aromatic rings. The average molecular weight is 313 g/mol. The minimum atomic E-state index is -1.02. The molecule has 0 radical (unpaired) electrons. The zero-order chi connectivity index (χ0) is 15.5. The minimum absolute atomic E-state index is 0.390. The van der Waals surface area contributed by atoms with Crippen molar-refractivity contribution in [3.63, 3.8) is 0 Å². The fourth-order valence-corrected chi connectivity index (χ4v) is 2.36. The van der Waals surface area contributed by atoms with Gasteiger partial charge in [-0.05, 0) is 36.4 Å². The first-order valence-corrected chi connectivity index (χ1v) is 7.60. The molecule has 116 valence electrons. The highest BCUT2D eigenvalue weighted by Crippen LogP contribution is 2.17. The Morgan fingerprint density at radius 1 is 1.33 bits per heavy atom. The van der Waals surface area contributed by atoms with Crippen molar-refractivity contribution in [1.29, 1.82) is 0 Å². The molecule has 1 unspecified atom stereocenters. The van der Waals surface area contributed by atoms with Crippen molar-refractivity contribution in [2.24, 2.45) is 0 Å². The molecule has 6 nitrogen and oxygen atoms in total. The second-order valence-electron chi connectivity index (χ2n) is 4.10. The quantitative estimate of drug-likeness (QED) is 0.474. The van der Waals surface area contributed by atoms with Gasteiger partial charge in [-0.3, -0.25) is 4.79 Å². The second-order valence-corrected chi connectivity index (χ2v) is 5.33. The standard InChI is InChI=1S/C14H19NO5S/c1-19-11-2-4-12(5-3-11)20-7-9-21-8-6-13(14(17)18)15-10-16/h2-5,10,13H,6-9H2,1H3,(H,15,16)(H,17,18). The third-order valence-corrected chi connectivity index (χ3v) is 3.65. The largest absolute Gasteiger partial charge is 0.497 e. The number of amides is 1. The van der Waals surface area contributed by atoms with Crippen LogP contribution in [0.1, 0.15) is 6.42 Å². The number of nitrogens with one attached hydrogen (secondary N) is 1. The van der Waals surface area contributed by atoms with E-state index in [1.807, 2.05) is 24.3 Å². The number of ether oxygens (including phenoxy) is 2. The number of hydrogen-bond acceptors (Lipinski definition) is 5. The summed E-state index contributed by atoms with van der Waals surface area (Å²) in [5.41, 5.74) is 0. The van der Waals surface area contributed by atoms with Crippen molar-refractivity contribution in [3.05, 3.63) is 24.3 Å². The zero-order valence-corrected chi connectivity index (χ0v) is 12.6. The summed E-state index contributed by atoms with van der Waals surface area (Å²) >= 11 is 1.58. The van der Waals surface area contributed by atoms with Crippen LogP contribution in [0.15, 0.2) is 24.3 Å². The summed E-state index contributed by atoms with van der Waals surface area (Å²) in [7, 11) is 1.61. The molecular formula is C14H19NO5S. The Morgan fingerprint density at radius 3 is 2.57 bits per heavy atom. The Morgan fingerprint density at radius 2 is 2.00 bits per heavy atom. The number of rotatable bonds is 11. The maximum atomic E-state index is 10.8. The first kappa shape index (κ1) is 17.2. The van der Waals surface area contributed by atoms with Crippen LogP contribution in [0.3, 0.4) is 0 Å². The monoisotopic (exact) mass is 313 g/mol. The third-order valence-electron chi connectivity index (χ3n) is 2.67. The molecule has 0 spiro atoms. The molecule has 1 amide bonds. The van der Waals surface area contributed by atoms with Crippen molar-refractivity contribution < 1.29 is 24.2 Å². The van der Waals surface area contributed by atoms with E-state index in [-0.39, 0.29) is 0 Å². The molecule has 0 saturated carbocycles. The van der Waals surface area contributed by atoms with Crippen molar-refractivity contribution in [3.8, 4) is 11.5 Å². The van der Waals surface area contributed by atoms with Crippen molar-refractivity contribution >= 4 is 24.1 Å². The molecule has 0 saturated heterocycles. The molecule has 1 rings (SSSR count). The highest BCUT2D eigenvalue weighted by Gasteiger charge is 2.15. The summed E-state index contributed by atoms with van der Waals surface area (Å²) in [6.07, 6.45) is 0.803. The molecule has 0 bridgehead atoms. The summed E-state index contributed by atoms with van der Waals surface area (Å²) in [6.45, 7) is 0.538. The van der Waals surface area contributed by atoms with Gasteiger partial charge in [0.15, 0.2) is 0 Å². The van der Waals surface area contributed by atoms with E-state index < -0.39 is 12.0 Å². The van der Waals surface area contributed by atoms with Gasteiger partial charge in [0.2, 0.25) is 6.41 Å². The number of aliphatic carboxylic acids is 1. The molecule has 0 heterocycles. The smallest absolute Gasteiger partial charge is 0.326 e. The van der Waals surface area contributed by atoms with Gasteiger partial charge in [-0.15, -0.1) is 0 Å². The van der Waals surface area contributed by atoms with Gasteiger partial charge < -0.3 is 19.9 Å². The van der Waals surface area contributed by atoms with Crippen molar-refractivity contribution in [2.75, 3.05) is 25.2 Å². The van der Waals surface area contributed by atoms with Gasteiger partial charge in [0.1, 0.15) is 17.5 Å². The number of methoxy groups -OCH3 is 1. The van der Waals surface area contributed by atoms with E-state index in [2.05, 4.69) is 5.32 Å². The van der Waals surface area contributed by atoms with Crippen LogP contribution in [0.4, 0.5) is 0 Å². The maximum absolute atomic E-state index is 10.8. The number of carboxylic acid groups (broad SMARTS) is 1. The van der Waals surface area contributed by atoms with Crippen LogP contribution in [-0.4, -0.2) is 48.8 Å². The van der Waals surface area contributed by atoms with Crippen LogP contribution in [-0.2, 0) is 9.59 Å². The van der Waals surface area contributed by atoms with E-state index in [9.17, 15) is 9.59 Å². The van der Waals surface area contributed by atoms with Crippen molar-refractivity contribution in [2.45, 2.75) is 12.5 Å². The van der Waals surface area contributed by atoms with E-state index in [1.54, 1.807) is 18.9 Å². The Hall–Kier alpha value is -1.89. The summed E-state index contributed by atoms with van der Waals surface area (Å²) in [5, 5.41) is 11.1. The van der Waals surface area contributed by atoms with Crippen LogP contribution >= 0.6 is 11.8 Å². The van der Waals surface area contributed by atoms with Crippen molar-refractivity contribution in [1.82, 2.24) is 5.32 Å². The maximum Gasteiger partial charge on any atom is 0.326 e. The molecule has 0 aliphatic carbocycles. The summed E-state index contributed by atoms with van der Waals surface area (Å²) in [5.74, 6) is 1.92. The van der Waals surface area contributed by atoms with E-state index in [4.69, 9.17) is 14.6 Å². The van der Waals surface area contributed by atoms with E-state index >= 15 is 0 Å². The number of thioether (sulfide) groups is 1. The van der Waals surface area contributed by atoms with Gasteiger partial charge >= 0.3 is 5.97 Å². The molecule has 0 aliphatic heterocycles. The van der Waals surface area contributed by atoms with Gasteiger partial charge in [-0.1, -0.05) is 0 Å². The van der Waals surface area contributed by atoms with Crippen LogP contribution in [0, 0.1) is 0 Å². The lowest BCUT2D eigenvalue weighted by Crippen LogP contribution is -2.36. The minimum Gasteiger partial charge on any atom is -0.497 e. The van der Waals surface area contributed by atoms with E-state index in [1.165, 1.54) is 0 Å². The highest BCUT2D eigenvalue weighted by atomic mass is 32.2. The molecule has 21 heavy (non-hydrogen) atoms. The predicted molar refractivity (Wildman–Crippen MR) is 81.1 cm³/mol. The summed E-state index contributed by atoms with van der Waals surface area (Å²) in [4.78, 5) is 21.0. The average Bonchev–Trinajstić information content (AvgIpc) is 2.50. The van der Waals surface area contributed by atoms with E-state index in [0.29, 0.717) is 25.2 Å². The Balaban J connectivity index is 2.13. The topological polar surface area (TPSA) is 84.9 Å². The first-order valence-electron chi connectivity index (χ1n) is 6.44. The Labute approximate surface area is 127 Å². The fraction of sp³-hybridized carbons (Fsp3) is 0.429. The highest BCUT2D eigenvalue weighted by molar-refractivity contribution is 7.99. The van der Waals surface area contributed by atoms with Gasteiger partial charge in [-0.2, -0.15) is 11.8 Å². The number of carbonyl (C=O) groups is 2. The zero-order valence-electron chi connectivity index (χ0n) is 11.8. The van der Waals surface area contributed by atoms with Crippen LogP contribution in [0.2, 0.25) is 0 Å². The van der Waals surface area contributed by atoms with Gasteiger partial charge in [0.25, 0.3) is 0 Å². The number of hydrogen-bond donors (Lipinski definition) is 2. The lowest BCUT2D eigenvalue weighted by molar-refractivity contribution is -0.140. The molecule has 0 aliphatic rings. The second kappa shape index (κ2) is 9.93. The molecule has 1 atom stereocenters. The van der Waals surface area contributed by atoms with Crippen LogP contribution in [0.25, 0.3) is 0 Å². The Bertz CT molecular complexity index is 437. The van der Waals surface area contributed by atoms with Gasteiger partial charge in [0, 0.05) is 5.75 Å². The van der Waals surface area contributed by atoms with Crippen LogP contribution in [0.5, 0.6) is 11.5 Å². The number of benzene rings is 1. The molecule has 0 fully saturated rings. The molecule has 7 heteroatoms. The summed E-state index contributed by atoms with van der Waals surface area (Å²) in [6, 6.07) is 6.49. The molecule has 0 aromatic heterocycles. The normalized spacial score (nSPS) is 11.5. The van der Waals surface area contributed by atoms with E-state index in [0.717, 1.165) is 17.3 Å². The first-order chi connectivity index (χ1) is 10.2. The molecule has 2 N–H and O–H groups in total. The lowest BCUT2D eigenvalue weighted by Gasteiger charge is -2.10. The van der Waals surface area contributed by atoms with Gasteiger partial charge in [-0.25, -0.2) is 4.79 Å².